The SMILES string of the molecule is CCc1ccccc1[O][Zr]([O]c1ccccc1CC)([CH]1C=CC=C1)[CH]1C=CC=C1. The van der Waals surface area contributed by atoms with Gasteiger partial charge in [-0.2, -0.15) is 0 Å². The Labute approximate surface area is 179 Å². The molecule has 2 aromatic rings. The molecular formula is C26H28O2Zr. The normalized spacial score (nSPS) is 16.1. The second-order valence-electron chi connectivity index (χ2n) is 7.44. The van der Waals surface area contributed by atoms with Gasteiger partial charge >= 0.3 is 180 Å². The Morgan fingerprint density at radius 1 is 0.621 bits per heavy atom. The molecule has 0 aromatic heterocycles. The Morgan fingerprint density at radius 2 is 1.00 bits per heavy atom. The van der Waals surface area contributed by atoms with Crippen molar-refractivity contribution in [2.24, 2.45) is 0 Å². The van der Waals surface area contributed by atoms with Gasteiger partial charge in [0.1, 0.15) is 0 Å². The summed E-state index contributed by atoms with van der Waals surface area (Å²) in [6.07, 6.45) is 19.4. The van der Waals surface area contributed by atoms with Crippen LogP contribution < -0.4 is 5.63 Å². The fourth-order valence-electron chi connectivity index (χ4n) is 4.05. The van der Waals surface area contributed by atoms with Gasteiger partial charge in [0, 0.05) is 0 Å². The van der Waals surface area contributed by atoms with Gasteiger partial charge in [0.25, 0.3) is 0 Å². The van der Waals surface area contributed by atoms with Crippen molar-refractivity contribution in [3.8, 4) is 11.5 Å². The van der Waals surface area contributed by atoms with E-state index in [1.54, 1.807) is 0 Å². The fourth-order valence-corrected chi connectivity index (χ4v) is 13.0. The predicted octanol–water partition coefficient (Wildman–Crippen LogP) is 7.08. The molecule has 0 unspecified atom stereocenters. The quantitative estimate of drug-likeness (QED) is 0.416. The number of allylic oxidation sites excluding steroid dienone is 8. The second-order valence-corrected chi connectivity index (χ2v) is 15.3. The van der Waals surface area contributed by atoms with Crippen molar-refractivity contribution < 1.29 is 26.8 Å². The molecule has 0 saturated carbocycles. The van der Waals surface area contributed by atoms with Crippen molar-refractivity contribution in [2.75, 3.05) is 0 Å². The molecule has 148 valence electrons. The molecule has 2 aliphatic carbocycles. The molecule has 3 heteroatoms. The third-order valence-corrected chi connectivity index (χ3v) is 14.8. The molecule has 4 rings (SSSR count). The Morgan fingerprint density at radius 3 is 1.38 bits per heavy atom. The molecule has 0 spiro atoms. The predicted molar refractivity (Wildman–Crippen MR) is 117 cm³/mol. The van der Waals surface area contributed by atoms with E-state index in [9.17, 15) is 0 Å². The summed E-state index contributed by atoms with van der Waals surface area (Å²) in [5, 5.41) is 0. The van der Waals surface area contributed by atoms with Gasteiger partial charge in [-0.3, -0.25) is 0 Å². The minimum absolute atomic E-state index is 0.205. The number of benzene rings is 2. The van der Waals surface area contributed by atoms with Gasteiger partial charge in [0.15, 0.2) is 0 Å². The van der Waals surface area contributed by atoms with E-state index in [-0.39, 0.29) is 7.25 Å². The van der Waals surface area contributed by atoms with Crippen LogP contribution in [0.4, 0.5) is 0 Å². The summed E-state index contributed by atoms with van der Waals surface area (Å²) >= 11 is -3.85. The summed E-state index contributed by atoms with van der Waals surface area (Å²) in [4.78, 5) is 0. The Bertz CT molecular complexity index is 867. The number of hydrogen-bond acceptors (Lipinski definition) is 2. The molecule has 0 N–H and O–H groups in total. The van der Waals surface area contributed by atoms with Crippen LogP contribution in [0.5, 0.6) is 11.5 Å². The van der Waals surface area contributed by atoms with E-state index in [4.69, 9.17) is 5.63 Å². The van der Waals surface area contributed by atoms with Crippen LogP contribution in [0.15, 0.2) is 97.1 Å². The van der Waals surface area contributed by atoms with E-state index in [1.165, 1.54) is 11.1 Å². The molecular weight excluding hydrogens is 436 g/mol. The monoisotopic (exact) mass is 462 g/mol. The van der Waals surface area contributed by atoms with Gasteiger partial charge in [-0.15, -0.1) is 0 Å². The van der Waals surface area contributed by atoms with Crippen LogP contribution in [-0.4, -0.2) is 0 Å². The second kappa shape index (κ2) is 9.14. The molecule has 0 amide bonds. The third kappa shape index (κ3) is 4.12. The average molecular weight is 464 g/mol. The molecule has 2 nitrogen and oxygen atoms in total. The van der Waals surface area contributed by atoms with Gasteiger partial charge in [-0.05, 0) is 0 Å². The molecule has 29 heavy (non-hydrogen) atoms. The zero-order chi connectivity index (χ0) is 20.1. The summed E-state index contributed by atoms with van der Waals surface area (Å²) in [6, 6.07) is 16.8. The van der Waals surface area contributed by atoms with E-state index < -0.39 is 21.1 Å². The van der Waals surface area contributed by atoms with E-state index in [0.717, 1.165) is 24.3 Å². The fraction of sp³-hybridized carbons (Fsp3) is 0.231. The Kier molecular flexibility index (Phi) is 6.35. The van der Waals surface area contributed by atoms with Crippen molar-refractivity contribution in [1.29, 1.82) is 0 Å². The van der Waals surface area contributed by atoms with Crippen molar-refractivity contribution in [3.63, 3.8) is 0 Å². The van der Waals surface area contributed by atoms with E-state index in [0.29, 0.717) is 0 Å². The van der Waals surface area contributed by atoms with Gasteiger partial charge in [-0.1, -0.05) is 0 Å². The summed E-state index contributed by atoms with van der Waals surface area (Å²) in [7, 11) is 0. The number of aryl methyl sites for hydroxylation is 2. The van der Waals surface area contributed by atoms with Gasteiger partial charge in [-0.25, -0.2) is 0 Å². The summed E-state index contributed by atoms with van der Waals surface area (Å²) in [5.74, 6) is 1.95. The van der Waals surface area contributed by atoms with E-state index >= 15 is 0 Å². The molecule has 0 saturated heterocycles. The summed E-state index contributed by atoms with van der Waals surface area (Å²) in [5.41, 5.74) is 2.47. The molecule has 0 fully saturated rings. The van der Waals surface area contributed by atoms with Crippen LogP contribution in [0.2, 0.25) is 7.25 Å². The first-order valence-corrected chi connectivity index (χ1v) is 15.3. The molecule has 0 radical (unpaired) electrons. The van der Waals surface area contributed by atoms with Crippen LogP contribution >= 0.6 is 0 Å². The maximum absolute atomic E-state index is 7.08. The van der Waals surface area contributed by atoms with Crippen molar-refractivity contribution >= 4 is 0 Å². The first-order chi connectivity index (χ1) is 14.3. The third-order valence-electron chi connectivity index (χ3n) is 5.67. The molecule has 2 aromatic carbocycles. The van der Waals surface area contributed by atoms with Crippen LogP contribution in [0.25, 0.3) is 0 Å². The molecule has 0 heterocycles. The maximum atomic E-state index is 7.08. The van der Waals surface area contributed by atoms with Crippen molar-refractivity contribution in [1.82, 2.24) is 0 Å². The zero-order valence-electron chi connectivity index (χ0n) is 17.1. The Hall–Kier alpha value is -2.12. The van der Waals surface area contributed by atoms with Crippen LogP contribution in [0, 0.1) is 0 Å². The first kappa shape index (κ1) is 20.2. The number of para-hydroxylation sites is 2. The van der Waals surface area contributed by atoms with Crippen molar-refractivity contribution in [2.45, 2.75) is 33.9 Å². The standard InChI is InChI=1S/2C8H10O.2C5H5.Zr/c2*1-2-7-5-3-4-6-8(7)9;2*1-2-4-5-3-1;/h2*3-6,9H,2H2,1H3;2*1-5H;/q;;;;+2/p-2. The minimum atomic E-state index is -3.85. The van der Waals surface area contributed by atoms with Gasteiger partial charge < -0.3 is 0 Å². The zero-order valence-corrected chi connectivity index (χ0v) is 19.6. The molecule has 0 aliphatic heterocycles. The topological polar surface area (TPSA) is 18.5 Å². The summed E-state index contributed by atoms with van der Waals surface area (Å²) < 4.78 is 14.6. The van der Waals surface area contributed by atoms with Crippen LogP contribution in [0.3, 0.4) is 0 Å². The molecule has 0 bridgehead atoms. The first-order valence-electron chi connectivity index (χ1n) is 10.5. The molecule has 2 aliphatic rings. The van der Waals surface area contributed by atoms with E-state index in [1.807, 2.05) is 0 Å². The number of rotatable bonds is 8. The Balaban J connectivity index is 1.84. The van der Waals surface area contributed by atoms with Crippen LogP contribution in [-0.2, 0) is 34.0 Å². The molecule has 0 atom stereocenters. The number of hydrogen-bond donors (Lipinski definition) is 0. The average Bonchev–Trinajstić information content (AvgIpc) is 3.48. The summed E-state index contributed by atoms with van der Waals surface area (Å²) in [6.45, 7) is 4.36. The van der Waals surface area contributed by atoms with Crippen molar-refractivity contribution in [3.05, 3.63) is 108 Å². The van der Waals surface area contributed by atoms with Crippen LogP contribution in [0.1, 0.15) is 25.0 Å². The van der Waals surface area contributed by atoms with E-state index in [2.05, 4.69) is 111 Å². The van der Waals surface area contributed by atoms with Gasteiger partial charge in [0.05, 0.1) is 0 Å². The van der Waals surface area contributed by atoms with Gasteiger partial charge in [0.2, 0.25) is 0 Å².